The van der Waals surface area contributed by atoms with Crippen molar-refractivity contribution in [2.24, 2.45) is 0 Å². The van der Waals surface area contributed by atoms with Crippen LogP contribution in [0.4, 0.5) is 24.5 Å². The predicted octanol–water partition coefficient (Wildman–Crippen LogP) is 2.71. The van der Waals surface area contributed by atoms with Crippen LogP contribution in [-0.2, 0) is 11.0 Å². The van der Waals surface area contributed by atoms with Crippen molar-refractivity contribution in [3.63, 3.8) is 0 Å². The van der Waals surface area contributed by atoms with Gasteiger partial charge < -0.3 is 10.6 Å². The highest BCUT2D eigenvalue weighted by Crippen LogP contribution is 2.36. The van der Waals surface area contributed by atoms with Gasteiger partial charge in [-0.05, 0) is 18.2 Å². The van der Waals surface area contributed by atoms with Gasteiger partial charge in [0.05, 0.1) is 17.4 Å². The van der Waals surface area contributed by atoms with Gasteiger partial charge in [-0.3, -0.25) is 14.6 Å². The van der Waals surface area contributed by atoms with Crippen LogP contribution in [0.5, 0.6) is 0 Å². The molecule has 0 aliphatic carbocycles. The Labute approximate surface area is 128 Å². The lowest BCUT2D eigenvalue weighted by Crippen LogP contribution is -2.18. The van der Waals surface area contributed by atoms with Crippen molar-refractivity contribution < 1.29 is 22.8 Å². The lowest BCUT2D eigenvalue weighted by atomic mass is 10.1. The first-order valence-electron chi connectivity index (χ1n) is 6.33. The van der Waals surface area contributed by atoms with Gasteiger partial charge in [-0.25, -0.2) is 4.98 Å². The highest BCUT2D eigenvalue weighted by molar-refractivity contribution is 6.03. The fourth-order valence-corrected chi connectivity index (χ4v) is 1.77. The molecular formula is C14H11F3N4O2. The molecule has 0 aliphatic heterocycles. The first-order chi connectivity index (χ1) is 10.8. The summed E-state index contributed by atoms with van der Waals surface area (Å²) in [5.74, 6) is -1.33. The molecule has 1 heterocycles. The first kappa shape index (κ1) is 16.4. The minimum absolute atomic E-state index is 0.0256. The van der Waals surface area contributed by atoms with Crippen molar-refractivity contribution in [2.45, 2.75) is 13.1 Å². The van der Waals surface area contributed by atoms with E-state index in [9.17, 15) is 22.8 Å². The lowest BCUT2D eigenvalue weighted by Gasteiger charge is -2.15. The van der Waals surface area contributed by atoms with Crippen LogP contribution < -0.4 is 10.6 Å². The number of hydrogen-bond acceptors (Lipinski definition) is 4. The van der Waals surface area contributed by atoms with E-state index >= 15 is 0 Å². The van der Waals surface area contributed by atoms with Crippen LogP contribution in [0.25, 0.3) is 0 Å². The highest BCUT2D eigenvalue weighted by atomic mass is 19.4. The Morgan fingerprint density at radius 3 is 2.43 bits per heavy atom. The number of amides is 2. The van der Waals surface area contributed by atoms with E-state index < -0.39 is 29.2 Å². The van der Waals surface area contributed by atoms with E-state index in [1.54, 1.807) is 0 Å². The van der Waals surface area contributed by atoms with Crippen LogP contribution in [0.2, 0.25) is 0 Å². The summed E-state index contributed by atoms with van der Waals surface area (Å²) in [4.78, 5) is 30.2. The summed E-state index contributed by atoms with van der Waals surface area (Å²) in [5.41, 5.74) is -1.67. The van der Waals surface area contributed by atoms with Gasteiger partial charge in [0.15, 0.2) is 0 Å². The van der Waals surface area contributed by atoms with Crippen LogP contribution in [0.15, 0.2) is 36.8 Å². The zero-order valence-corrected chi connectivity index (χ0v) is 11.8. The Morgan fingerprint density at radius 2 is 1.87 bits per heavy atom. The molecule has 2 amide bonds. The summed E-state index contributed by atoms with van der Waals surface area (Å²) in [6.45, 7) is 1.18. The number of alkyl halides is 3. The van der Waals surface area contributed by atoms with Crippen molar-refractivity contribution in [1.82, 2.24) is 9.97 Å². The van der Waals surface area contributed by atoms with E-state index in [0.29, 0.717) is 0 Å². The van der Waals surface area contributed by atoms with Crippen molar-refractivity contribution >= 4 is 23.2 Å². The smallest absolute Gasteiger partial charge is 0.326 e. The third-order valence-corrected chi connectivity index (χ3v) is 2.69. The van der Waals surface area contributed by atoms with Crippen LogP contribution in [0, 0.1) is 0 Å². The maximum atomic E-state index is 13.1. The molecule has 2 rings (SSSR count). The molecule has 0 fully saturated rings. The first-order valence-corrected chi connectivity index (χ1v) is 6.33. The van der Waals surface area contributed by atoms with Crippen molar-refractivity contribution in [3.05, 3.63) is 48.0 Å². The number of aromatic nitrogens is 2. The molecule has 0 bridgehead atoms. The van der Waals surface area contributed by atoms with Crippen molar-refractivity contribution in [2.75, 3.05) is 10.6 Å². The fraction of sp³-hybridized carbons (Fsp3) is 0.143. The topological polar surface area (TPSA) is 84.0 Å². The van der Waals surface area contributed by atoms with Crippen molar-refractivity contribution in [3.8, 4) is 0 Å². The Balaban J connectivity index is 2.34. The number of anilines is 2. The van der Waals surface area contributed by atoms with E-state index in [4.69, 9.17) is 0 Å². The molecule has 120 valence electrons. The van der Waals surface area contributed by atoms with Gasteiger partial charge in [-0.2, -0.15) is 13.2 Å². The van der Waals surface area contributed by atoms with Gasteiger partial charge in [0.25, 0.3) is 5.91 Å². The van der Waals surface area contributed by atoms with Gasteiger partial charge in [0.2, 0.25) is 5.91 Å². The number of carbonyl (C=O) groups excluding carboxylic acids is 2. The second-order valence-electron chi connectivity index (χ2n) is 4.48. The summed E-state index contributed by atoms with van der Waals surface area (Å²) >= 11 is 0. The molecule has 6 nitrogen and oxygen atoms in total. The Kier molecular flexibility index (Phi) is 4.58. The molecule has 0 saturated carbocycles. The maximum Gasteiger partial charge on any atom is 0.418 e. The van der Waals surface area contributed by atoms with Crippen LogP contribution in [0.3, 0.4) is 0 Å². The zero-order valence-electron chi connectivity index (χ0n) is 11.8. The second-order valence-corrected chi connectivity index (χ2v) is 4.48. The monoisotopic (exact) mass is 324 g/mol. The van der Waals surface area contributed by atoms with Crippen LogP contribution in [0.1, 0.15) is 23.0 Å². The van der Waals surface area contributed by atoms with E-state index in [1.807, 2.05) is 0 Å². The summed E-state index contributed by atoms with van der Waals surface area (Å²) in [6.07, 6.45) is -0.993. The molecule has 0 spiro atoms. The summed E-state index contributed by atoms with van der Waals surface area (Å²) in [6, 6.07) is 3.05. The zero-order chi connectivity index (χ0) is 17.0. The van der Waals surface area contributed by atoms with E-state index in [2.05, 4.69) is 20.6 Å². The Morgan fingerprint density at radius 1 is 1.13 bits per heavy atom. The van der Waals surface area contributed by atoms with Gasteiger partial charge in [0.1, 0.15) is 5.69 Å². The number of nitrogens with zero attached hydrogens (tertiary/aromatic N) is 2. The third kappa shape index (κ3) is 4.25. The number of halogens is 3. The molecule has 0 saturated heterocycles. The normalized spacial score (nSPS) is 11.0. The minimum Gasteiger partial charge on any atom is -0.326 e. The molecule has 1 aromatic carbocycles. The molecule has 2 aromatic rings. The van der Waals surface area contributed by atoms with Gasteiger partial charge >= 0.3 is 6.18 Å². The standard InChI is InChI=1S/C14H11F3N4O2/c1-8(22)20-9-2-3-11(10(6-9)14(15,16)17)21-13(23)12-7-18-4-5-19-12/h2-7H,1H3,(H,20,22)(H,21,23). The summed E-state index contributed by atoms with van der Waals surface area (Å²) in [5, 5.41) is 4.40. The molecule has 0 unspecified atom stereocenters. The predicted molar refractivity (Wildman–Crippen MR) is 75.7 cm³/mol. The number of carbonyl (C=O) groups is 2. The molecule has 23 heavy (non-hydrogen) atoms. The summed E-state index contributed by atoms with van der Waals surface area (Å²) in [7, 11) is 0. The molecule has 9 heteroatoms. The number of rotatable bonds is 3. The average molecular weight is 324 g/mol. The second kappa shape index (κ2) is 6.42. The van der Waals surface area contributed by atoms with Gasteiger partial charge in [-0.15, -0.1) is 0 Å². The quantitative estimate of drug-likeness (QED) is 0.909. The van der Waals surface area contributed by atoms with Crippen molar-refractivity contribution in [1.29, 1.82) is 0 Å². The van der Waals surface area contributed by atoms with E-state index in [0.717, 1.165) is 18.3 Å². The molecular weight excluding hydrogens is 313 g/mol. The fourth-order valence-electron chi connectivity index (χ4n) is 1.77. The minimum atomic E-state index is -4.71. The Bertz CT molecular complexity index is 733. The molecule has 0 radical (unpaired) electrons. The summed E-state index contributed by atoms with van der Waals surface area (Å²) < 4.78 is 39.4. The third-order valence-electron chi connectivity index (χ3n) is 2.69. The largest absolute Gasteiger partial charge is 0.418 e. The molecule has 1 aromatic heterocycles. The lowest BCUT2D eigenvalue weighted by molar-refractivity contribution is -0.137. The number of hydrogen-bond donors (Lipinski definition) is 2. The van der Waals surface area contributed by atoms with Crippen LogP contribution in [-0.4, -0.2) is 21.8 Å². The van der Waals surface area contributed by atoms with E-state index in [1.165, 1.54) is 25.4 Å². The number of benzene rings is 1. The van der Waals surface area contributed by atoms with Gasteiger partial charge in [0, 0.05) is 25.0 Å². The molecule has 0 aliphatic rings. The maximum absolute atomic E-state index is 13.1. The average Bonchev–Trinajstić information content (AvgIpc) is 2.48. The van der Waals surface area contributed by atoms with Crippen LogP contribution >= 0.6 is 0 Å². The Hall–Kier alpha value is -2.97. The SMILES string of the molecule is CC(=O)Nc1ccc(NC(=O)c2cnccn2)c(C(F)(F)F)c1. The molecule has 0 atom stereocenters. The highest BCUT2D eigenvalue weighted by Gasteiger charge is 2.34. The van der Waals surface area contributed by atoms with E-state index in [-0.39, 0.29) is 11.4 Å². The number of nitrogens with one attached hydrogen (secondary N) is 2. The van der Waals surface area contributed by atoms with Gasteiger partial charge in [-0.1, -0.05) is 0 Å². The molecule has 2 N–H and O–H groups in total.